The first kappa shape index (κ1) is 15.1. The molecule has 0 fully saturated rings. The SMILES string of the molecule is CCNCc1cc(C)ccc1OCc1ccccc1C#N. The van der Waals surface area contributed by atoms with Gasteiger partial charge in [0.05, 0.1) is 11.6 Å². The molecule has 3 nitrogen and oxygen atoms in total. The molecule has 0 spiro atoms. The van der Waals surface area contributed by atoms with Gasteiger partial charge in [-0.05, 0) is 25.6 Å². The predicted molar refractivity (Wildman–Crippen MR) is 84.0 cm³/mol. The van der Waals surface area contributed by atoms with E-state index in [1.165, 1.54) is 5.56 Å². The number of nitriles is 1. The minimum atomic E-state index is 0.409. The summed E-state index contributed by atoms with van der Waals surface area (Å²) in [5, 5.41) is 12.4. The Morgan fingerprint density at radius 1 is 1.14 bits per heavy atom. The molecule has 21 heavy (non-hydrogen) atoms. The second-order valence-electron chi connectivity index (χ2n) is 4.95. The van der Waals surface area contributed by atoms with Crippen LogP contribution in [0.4, 0.5) is 0 Å². The van der Waals surface area contributed by atoms with Crippen molar-refractivity contribution < 1.29 is 4.74 Å². The number of ether oxygens (including phenoxy) is 1. The summed E-state index contributed by atoms with van der Waals surface area (Å²) in [7, 11) is 0. The highest BCUT2D eigenvalue weighted by atomic mass is 16.5. The third-order valence-corrected chi connectivity index (χ3v) is 3.30. The van der Waals surface area contributed by atoms with Gasteiger partial charge in [0.25, 0.3) is 0 Å². The Balaban J connectivity index is 2.14. The monoisotopic (exact) mass is 280 g/mol. The van der Waals surface area contributed by atoms with Crippen molar-refractivity contribution in [1.82, 2.24) is 5.32 Å². The molecule has 0 aliphatic heterocycles. The summed E-state index contributed by atoms with van der Waals surface area (Å²) < 4.78 is 5.93. The molecule has 2 aromatic carbocycles. The topological polar surface area (TPSA) is 45.0 Å². The largest absolute Gasteiger partial charge is 0.489 e. The maximum atomic E-state index is 9.11. The van der Waals surface area contributed by atoms with E-state index in [1.54, 1.807) is 0 Å². The van der Waals surface area contributed by atoms with E-state index >= 15 is 0 Å². The lowest BCUT2D eigenvalue weighted by Crippen LogP contribution is -2.13. The van der Waals surface area contributed by atoms with Crippen molar-refractivity contribution in [2.45, 2.75) is 27.0 Å². The Morgan fingerprint density at radius 3 is 2.71 bits per heavy atom. The Morgan fingerprint density at radius 2 is 1.95 bits per heavy atom. The van der Waals surface area contributed by atoms with Crippen LogP contribution in [0.15, 0.2) is 42.5 Å². The molecule has 2 aromatic rings. The van der Waals surface area contributed by atoms with Gasteiger partial charge in [-0.25, -0.2) is 0 Å². The molecule has 0 aliphatic carbocycles. The molecule has 0 unspecified atom stereocenters. The zero-order valence-electron chi connectivity index (χ0n) is 12.5. The molecule has 0 radical (unpaired) electrons. The Hall–Kier alpha value is -2.31. The van der Waals surface area contributed by atoms with E-state index < -0.39 is 0 Å². The summed E-state index contributed by atoms with van der Waals surface area (Å²) in [6.45, 7) is 6.27. The van der Waals surface area contributed by atoms with Crippen LogP contribution in [0.25, 0.3) is 0 Å². The summed E-state index contributed by atoms with van der Waals surface area (Å²) in [5.41, 5.74) is 3.94. The van der Waals surface area contributed by atoms with Crippen LogP contribution in [0.5, 0.6) is 5.75 Å². The van der Waals surface area contributed by atoms with Crippen molar-refractivity contribution >= 4 is 0 Å². The molecule has 0 heterocycles. The van der Waals surface area contributed by atoms with Crippen molar-refractivity contribution in [3.05, 3.63) is 64.7 Å². The van der Waals surface area contributed by atoms with Crippen LogP contribution >= 0.6 is 0 Å². The number of hydrogen-bond acceptors (Lipinski definition) is 3. The van der Waals surface area contributed by atoms with Crippen LogP contribution in [0.1, 0.15) is 29.2 Å². The van der Waals surface area contributed by atoms with Crippen molar-refractivity contribution in [3.63, 3.8) is 0 Å². The molecule has 0 bridgehead atoms. The number of aryl methyl sites for hydroxylation is 1. The third kappa shape index (κ3) is 4.08. The number of benzene rings is 2. The van der Waals surface area contributed by atoms with Gasteiger partial charge in [0.2, 0.25) is 0 Å². The van der Waals surface area contributed by atoms with Crippen molar-refractivity contribution in [2.75, 3.05) is 6.54 Å². The fourth-order valence-corrected chi connectivity index (χ4v) is 2.16. The van der Waals surface area contributed by atoms with E-state index in [9.17, 15) is 0 Å². The lowest BCUT2D eigenvalue weighted by atomic mass is 10.1. The lowest BCUT2D eigenvalue weighted by molar-refractivity contribution is 0.302. The molecule has 0 saturated carbocycles. The van der Waals surface area contributed by atoms with Gasteiger partial charge < -0.3 is 10.1 Å². The number of nitrogens with one attached hydrogen (secondary N) is 1. The van der Waals surface area contributed by atoms with Crippen LogP contribution in [0.3, 0.4) is 0 Å². The fraction of sp³-hybridized carbons (Fsp3) is 0.278. The number of rotatable bonds is 6. The molecule has 0 atom stereocenters. The molecule has 0 aromatic heterocycles. The Labute approximate surface area is 126 Å². The van der Waals surface area contributed by atoms with Gasteiger partial charge in [-0.15, -0.1) is 0 Å². The van der Waals surface area contributed by atoms with E-state index in [1.807, 2.05) is 36.4 Å². The number of hydrogen-bond donors (Lipinski definition) is 1. The Kier molecular flexibility index (Phi) is 5.36. The summed E-state index contributed by atoms with van der Waals surface area (Å²) >= 11 is 0. The highest BCUT2D eigenvalue weighted by Gasteiger charge is 2.06. The molecule has 1 N–H and O–H groups in total. The molecule has 2 rings (SSSR count). The summed E-state index contributed by atoms with van der Waals surface area (Å²) in [5.74, 6) is 0.870. The average molecular weight is 280 g/mol. The van der Waals surface area contributed by atoms with E-state index in [0.717, 1.165) is 30.0 Å². The maximum absolute atomic E-state index is 9.11. The molecule has 108 valence electrons. The van der Waals surface area contributed by atoms with Gasteiger partial charge in [-0.2, -0.15) is 5.26 Å². The van der Waals surface area contributed by atoms with E-state index in [-0.39, 0.29) is 0 Å². The second-order valence-corrected chi connectivity index (χ2v) is 4.95. The maximum Gasteiger partial charge on any atom is 0.124 e. The fourth-order valence-electron chi connectivity index (χ4n) is 2.16. The molecule has 0 amide bonds. The second kappa shape index (κ2) is 7.47. The first-order valence-electron chi connectivity index (χ1n) is 7.15. The number of nitrogens with zero attached hydrogens (tertiary/aromatic N) is 1. The predicted octanol–water partition coefficient (Wildman–Crippen LogP) is 3.56. The lowest BCUT2D eigenvalue weighted by Gasteiger charge is -2.13. The average Bonchev–Trinajstić information content (AvgIpc) is 2.52. The molecular formula is C18H20N2O. The summed E-state index contributed by atoms with van der Waals surface area (Å²) in [6, 6.07) is 15.9. The quantitative estimate of drug-likeness (QED) is 0.880. The minimum absolute atomic E-state index is 0.409. The zero-order valence-corrected chi connectivity index (χ0v) is 12.5. The molecule has 3 heteroatoms. The van der Waals surface area contributed by atoms with Crippen molar-refractivity contribution in [2.24, 2.45) is 0 Å². The van der Waals surface area contributed by atoms with E-state index in [0.29, 0.717) is 12.2 Å². The van der Waals surface area contributed by atoms with Gasteiger partial charge in [0.1, 0.15) is 12.4 Å². The van der Waals surface area contributed by atoms with Crippen LogP contribution in [0, 0.1) is 18.3 Å². The highest BCUT2D eigenvalue weighted by molar-refractivity contribution is 5.39. The first-order chi connectivity index (χ1) is 10.2. The normalized spacial score (nSPS) is 10.1. The smallest absolute Gasteiger partial charge is 0.124 e. The van der Waals surface area contributed by atoms with Gasteiger partial charge >= 0.3 is 0 Å². The molecular weight excluding hydrogens is 260 g/mol. The van der Waals surface area contributed by atoms with Crippen LogP contribution in [0.2, 0.25) is 0 Å². The van der Waals surface area contributed by atoms with Gasteiger partial charge in [-0.3, -0.25) is 0 Å². The van der Waals surface area contributed by atoms with E-state index in [4.69, 9.17) is 10.00 Å². The van der Waals surface area contributed by atoms with Crippen LogP contribution in [-0.2, 0) is 13.2 Å². The summed E-state index contributed by atoms with van der Waals surface area (Å²) in [4.78, 5) is 0. The Bertz CT molecular complexity index is 644. The standard InChI is InChI=1S/C18H20N2O/c1-3-20-12-17-10-14(2)8-9-18(17)21-13-16-7-5-4-6-15(16)11-19/h4-10,20H,3,12-13H2,1-2H3. The summed E-state index contributed by atoms with van der Waals surface area (Å²) in [6.07, 6.45) is 0. The van der Waals surface area contributed by atoms with Crippen molar-refractivity contribution in [3.8, 4) is 11.8 Å². The van der Waals surface area contributed by atoms with Gasteiger partial charge in [0, 0.05) is 17.7 Å². The van der Waals surface area contributed by atoms with Crippen molar-refractivity contribution in [1.29, 1.82) is 5.26 Å². The highest BCUT2D eigenvalue weighted by Crippen LogP contribution is 2.22. The minimum Gasteiger partial charge on any atom is -0.489 e. The molecule has 0 saturated heterocycles. The third-order valence-electron chi connectivity index (χ3n) is 3.30. The first-order valence-corrected chi connectivity index (χ1v) is 7.15. The van der Waals surface area contributed by atoms with E-state index in [2.05, 4.69) is 31.3 Å². The zero-order chi connectivity index (χ0) is 15.1. The van der Waals surface area contributed by atoms with Crippen LogP contribution < -0.4 is 10.1 Å². The van der Waals surface area contributed by atoms with Gasteiger partial charge in [0.15, 0.2) is 0 Å². The molecule has 0 aliphatic rings. The van der Waals surface area contributed by atoms with Crippen LogP contribution in [-0.4, -0.2) is 6.54 Å². The van der Waals surface area contributed by atoms with Gasteiger partial charge in [-0.1, -0.05) is 42.8 Å².